The summed E-state index contributed by atoms with van der Waals surface area (Å²) >= 11 is 0. The third-order valence-corrected chi connectivity index (χ3v) is 6.32. The van der Waals surface area contributed by atoms with Crippen molar-refractivity contribution in [3.05, 3.63) is 59.9 Å². The van der Waals surface area contributed by atoms with Crippen molar-refractivity contribution in [2.24, 2.45) is 5.92 Å². The Bertz CT molecular complexity index is 907. The number of halogens is 1. The van der Waals surface area contributed by atoms with Crippen LogP contribution in [-0.4, -0.2) is 43.0 Å². The molecule has 6 heteroatoms. The van der Waals surface area contributed by atoms with Gasteiger partial charge < -0.3 is 4.74 Å². The molecule has 1 atom stereocenters. The lowest BCUT2D eigenvalue weighted by Gasteiger charge is -2.34. The molecule has 158 valence electrons. The van der Waals surface area contributed by atoms with Gasteiger partial charge in [0.15, 0.2) is 0 Å². The fraction of sp³-hybridized carbons (Fsp3) is 0.417. The predicted molar refractivity (Wildman–Crippen MR) is 113 cm³/mol. The highest BCUT2D eigenvalue weighted by molar-refractivity contribution is 6.22. The number of carbonyl (C=O) groups is 2. The molecule has 0 unspecified atom stereocenters. The summed E-state index contributed by atoms with van der Waals surface area (Å²) in [7, 11) is 1.58. The molecule has 2 aliphatic rings. The lowest BCUT2D eigenvalue weighted by Crippen LogP contribution is -2.46. The number of piperidine rings is 1. The summed E-state index contributed by atoms with van der Waals surface area (Å²) < 4.78 is 19.0. The molecule has 2 amide bonds. The van der Waals surface area contributed by atoms with Crippen LogP contribution < -0.4 is 9.64 Å². The molecule has 0 N–H and O–H groups in total. The molecule has 0 spiro atoms. The molecule has 2 aliphatic heterocycles. The van der Waals surface area contributed by atoms with E-state index in [2.05, 4.69) is 4.90 Å². The number of anilines is 1. The van der Waals surface area contributed by atoms with E-state index in [0.29, 0.717) is 17.4 Å². The summed E-state index contributed by atoms with van der Waals surface area (Å²) in [5.74, 6) is 0.771. The summed E-state index contributed by atoms with van der Waals surface area (Å²) in [6.45, 7) is 1.59. The minimum atomic E-state index is -0.382. The number of nitrogens with zero attached hydrogens (tertiary/aromatic N) is 2. The Hall–Kier alpha value is -2.73. The van der Waals surface area contributed by atoms with Gasteiger partial charge in [0.25, 0.3) is 5.91 Å². The Balaban J connectivity index is 1.33. The second kappa shape index (κ2) is 8.96. The molecule has 0 saturated carbocycles. The maximum Gasteiger partial charge on any atom is 0.251 e. The highest BCUT2D eigenvalue weighted by atomic mass is 19.1. The molecule has 0 aromatic heterocycles. The van der Waals surface area contributed by atoms with Crippen LogP contribution in [0, 0.1) is 11.7 Å². The number of aryl methyl sites for hydroxylation is 1. The maximum absolute atomic E-state index is 13.8. The summed E-state index contributed by atoms with van der Waals surface area (Å²) in [4.78, 5) is 29.0. The van der Waals surface area contributed by atoms with Crippen LogP contribution in [0.25, 0.3) is 0 Å². The lowest BCUT2D eigenvalue weighted by atomic mass is 9.89. The van der Waals surface area contributed by atoms with E-state index in [1.54, 1.807) is 37.4 Å². The Kier molecular flexibility index (Phi) is 6.13. The fourth-order valence-electron chi connectivity index (χ4n) is 4.52. The van der Waals surface area contributed by atoms with Crippen LogP contribution in [0.2, 0.25) is 0 Å². The molecule has 2 saturated heterocycles. The van der Waals surface area contributed by atoms with E-state index in [1.807, 2.05) is 12.1 Å². The van der Waals surface area contributed by atoms with Gasteiger partial charge >= 0.3 is 0 Å². The molecule has 2 fully saturated rings. The molecule has 0 aliphatic carbocycles. The summed E-state index contributed by atoms with van der Waals surface area (Å²) in [6, 6.07) is 13.6. The van der Waals surface area contributed by atoms with Gasteiger partial charge in [-0.2, -0.15) is 0 Å². The van der Waals surface area contributed by atoms with E-state index < -0.39 is 0 Å². The van der Waals surface area contributed by atoms with Crippen molar-refractivity contribution in [3.63, 3.8) is 0 Å². The largest absolute Gasteiger partial charge is 0.497 e. The predicted octanol–water partition coefficient (Wildman–Crippen LogP) is 3.81. The second-order valence-electron chi connectivity index (χ2n) is 8.09. The van der Waals surface area contributed by atoms with Crippen LogP contribution in [0.15, 0.2) is 48.5 Å². The number of carbonyl (C=O) groups excluding carboxylic acids is 2. The van der Waals surface area contributed by atoms with E-state index in [-0.39, 0.29) is 30.1 Å². The SMILES string of the molecule is COc1ccc(N2C(=O)C[C@H](N3CCC(CCc4ccccc4F)CC3)C2=O)cc1. The molecule has 4 rings (SSSR count). The molecular formula is C24H27FN2O3. The smallest absolute Gasteiger partial charge is 0.251 e. The quantitative estimate of drug-likeness (QED) is 0.680. The average Bonchev–Trinajstić information content (AvgIpc) is 3.07. The van der Waals surface area contributed by atoms with Crippen molar-refractivity contribution in [1.29, 1.82) is 0 Å². The maximum atomic E-state index is 13.8. The number of methoxy groups -OCH3 is 1. The van der Waals surface area contributed by atoms with Crippen LogP contribution in [0.4, 0.5) is 10.1 Å². The van der Waals surface area contributed by atoms with Crippen molar-refractivity contribution < 1.29 is 18.7 Å². The summed E-state index contributed by atoms with van der Waals surface area (Å²) in [5, 5.41) is 0. The number of imide groups is 1. The van der Waals surface area contributed by atoms with Gasteiger partial charge in [0, 0.05) is 0 Å². The first-order chi connectivity index (χ1) is 14.6. The van der Waals surface area contributed by atoms with E-state index in [4.69, 9.17) is 4.74 Å². The Morgan fingerprint density at radius 2 is 1.73 bits per heavy atom. The van der Waals surface area contributed by atoms with Crippen LogP contribution in [0.5, 0.6) is 5.75 Å². The fourth-order valence-corrected chi connectivity index (χ4v) is 4.52. The highest BCUT2D eigenvalue weighted by Crippen LogP contribution is 2.30. The first-order valence-electron chi connectivity index (χ1n) is 10.5. The standard InChI is InChI=1S/C24H27FN2O3/c1-30-20-10-8-19(9-11-20)27-23(28)16-22(24(27)29)26-14-12-17(13-15-26)6-7-18-4-2-3-5-21(18)25/h2-5,8-11,17,22H,6-7,12-16H2,1H3/t22-/m0/s1. The van der Waals surface area contributed by atoms with Gasteiger partial charge in [0.1, 0.15) is 11.6 Å². The number of hydrogen-bond acceptors (Lipinski definition) is 4. The van der Waals surface area contributed by atoms with E-state index >= 15 is 0 Å². The molecule has 2 aromatic rings. The molecule has 2 aromatic carbocycles. The number of likely N-dealkylation sites (tertiary alicyclic amines) is 1. The Morgan fingerprint density at radius 3 is 2.40 bits per heavy atom. The van der Waals surface area contributed by atoms with Crippen LogP contribution in [-0.2, 0) is 16.0 Å². The molecule has 0 radical (unpaired) electrons. The third kappa shape index (κ3) is 4.24. The van der Waals surface area contributed by atoms with E-state index in [0.717, 1.165) is 44.3 Å². The average molecular weight is 410 g/mol. The van der Waals surface area contributed by atoms with Gasteiger partial charge in [-0.1, -0.05) is 18.2 Å². The molecule has 0 bridgehead atoms. The normalized spacial score (nSPS) is 20.7. The number of benzene rings is 2. The van der Waals surface area contributed by atoms with E-state index in [1.165, 1.54) is 11.0 Å². The van der Waals surface area contributed by atoms with E-state index in [9.17, 15) is 14.0 Å². The van der Waals surface area contributed by atoms with Gasteiger partial charge in [0.2, 0.25) is 5.91 Å². The zero-order valence-corrected chi connectivity index (χ0v) is 17.2. The monoisotopic (exact) mass is 410 g/mol. The first kappa shape index (κ1) is 20.5. The molecule has 2 heterocycles. The number of amides is 2. The van der Waals surface area contributed by atoms with Gasteiger partial charge in [-0.3, -0.25) is 14.5 Å². The topological polar surface area (TPSA) is 49.9 Å². The lowest BCUT2D eigenvalue weighted by molar-refractivity contribution is -0.123. The Morgan fingerprint density at radius 1 is 1.03 bits per heavy atom. The zero-order valence-electron chi connectivity index (χ0n) is 17.2. The number of hydrogen-bond donors (Lipinski definition) is 0. The van der Waals surface area contributed by atoms with Gasteiger partial charge in [-0.05, 0) is 80.6 Å². The number of rotatable bonds is 6. The third-order valence-electron chi connectivity index (χ3n) is 6.32. The van der Waals surface area contributed by atoms with Gasteiger partial charge in [0.05, 0.1) is 25.3 Å². The van der Waals surface area contributed by atoms with Crippen molar-refractivity contribution in [1.82, 2.24) is 4.90 Å². The minimum Gasteiger partial charge on any atom is -0.497 e. The molecule has 30 heavy (non-hydrogen) atoms. The zero-order chi connectivity index (χ0) is 21.1. The molecule has 5 nitrogen and oxygen atoms in total. The second-order valence-corrected chi connectivity index (χ2v) is 8.09. The summed E-state index contributed by atoms with van der Waals surface area (Å²) in [6.07, 6.45) is 3.85. The van der Waals surface area contributed by atoms with Crippen molar-refractivity contribution >= 4 is 17.5 Å². The van der Waals surface area contributed by atoms with Gasteiger partial charge in [-0.15, -0.1) is 0 Å². The Labute approximate surface area is 176 Å². The summed E-state index contributed by atoms with van der Waals surface area (Å²) in [5.41, 5.74) is 1.36. The van der Waals surface area contributed by atoms with Crippen molar-refractivity contribution in [3.8, 4) is 5.75 Å². The number of ether oxygens (including phenoxy) is 1. The van der Waals surface area contributed by atoms with Crippen molar-refractivity contribution in [2.75, 3.05) is 25.1 Å². The molecular weight excluding hydrogens is 383 g/mol. The van der Waals surface area contributed by atoms with Crippen LogP contribution in [0.1, 0.15) is 31.2 Å². The highest BCUT2D eigenvalue weighted by Gasteiger charge is 2.43. The van der Waals surface area contributed by atoms with Crippen molar-refractivity contribution in [2.45, 2.75) is 38.1 Å². The minimum absolute atomic E-state index is 0.136. The van der Waals surface area contributed by atoms with Crippen LogP contribution >= 0.6 is 0 Å². The van der Waals surface area contributed by atoms with Gasteiger partial charge in [-0.25, -0.2) is 9.29 Å². The first-order valence-corrected chi connectivity index (χ1v) is 10.5. The van der Waals surface area contributed by atoms with Crippen LogP contribution in [0.3, 0.4) is 0 Å².